The van der Waals surface area contributed by atoms with Gasteiger partial charge >= 0.3 is 0 Å². The van der Waals surface area contributed by atoms with E-state index in [1.807, 2.05) is 29.2 Å². The van der Waals surface area contributed by atoms with E-state index in [4.69, 9.17) is 0 Å². The lowest BCUT2D eigenvalue weighted by atomic mass is 9.90. The van der Waals surface area contributed by atoms with Crippen LogP contribution < -0.4 is 0 Å². The fraction of sp³-hybridized carbons (Fsp3) is 0.414. The number of piperazine rings is 1. The van der Waals surface area contributed by atoms with Gasteiger partial charge in [0.1, 0.15) is 0 Å². The number of ketones is 1. The maximum Gasteiger partial charge on any atom is 0.294 e. The number of piperidine rings is 1. The number of likely N-dealkylation sites (tertiary alicyclic amines) is 1. The summed E-state index contributed by atoms with van der Waals surface area (Å²) in [7, 11) is 0. The van der Waals surface area contributed by atoms with Gasteiger partial charge < -0.3 is 9.80 Å². The summed E-state index contributed by atoms with van der Waals surface area (Å²) in [6.07, 6.45) is 6.87. The molecule has 1 atom stereocenters. The lowest BCUT2D eigenvalue weighted by Crippen LogP contribution is -2.50. The van der Waals surface area contributed by atoms with Crippen molar-refractivity contribution in [1.29, 1.82) is 0 Å². The fourth-order valence-electron chi connectivity index (χ4n) is 5.53. The van der Waals surface area contributed by atoms with Crippen LogP contribution in [0.25, 0.3) is 6.08 Å². The van der Waals surface area contributed by atoms with Gasteiger partial charge in [-0.1, -0.05) is 72.8 Å². The van der Waals surface area contributed by atoms with E-state index in [0.717, 1.165) is 52.0 Å². The minimum absolute atomic E-state index is 0.0270. The molecule has 2 aliphatic heterocycles. The number of nitrogens with zero attached hydrogens (tertiary/aromatic N) is 3. The summed E-state index contributed by atoms with van der Waals surface area (Å²) >= 11 is 0. The number of benzene rings is 2. The first-order valence-corrected chi connectivity index (χ1v) is 12.7. The molecule has 2 aromatic carbocycles. The maximum absolute atomic E-state index is 13.2. The van der Waals surface area contributed by atoms with Gasteiger partial charge in [-0.05, 0) is 30.2 Å². The van der Waals surface area contributed by atoms with Gasteiger partial charge in [0.05, 0.1) is 0 Å². The van der Waals surface area contributed by atoms with Crippen LogP contribution in [0.2, 0.25) is 0 Å². The molecular formula is C29H33N3O3. The van der Waals surface area contributed by atoms with E-state index in [1.54, 1.807) is 29.2 Å². The Balaban J connectivity index is 1.06. The highest BCUT2D eigenvalue weighted by Gasteiger charge is 2.59. The number of carbonyl (C=O) groups excluding carboxylic acids is 3. The summed E-state index contributed by atoms with van der Waals surface area (Å²) in [5.41, 5.74) is 1.67. The molecule has 182 valence electrons. The molecule has 3 aliphatic rings. The quantitative estimate of drug-likeness (QED) is 0.479. The van der Waals surface area contributed by atoms with E-state index in [2.05, 4.69) is 29.2 Å². The Bertz CT molecular complexity index is 1080. The predicted molar refractivity (Wildman–Crippen MR) is 136 cm³/mol. The molecule has 2 aromatic rings. The van der Waals surface area contributed by atoms with Crippen LogP contribution in [0.15, 0.2) is 66.7 Å². The van der Waals surface area contributed by atoms with Gasteiger partial charge in [0.2, 0.25) is 11.7 Å². The molecular weight excluding hydrogens is 438 g/mol. The molecule has 1 saturated carbocycles. The van der Waals surface area contributed by atoms with Crippen molar-refractivity contribution in [2.45, 2.75) is 19.3 Å². The van der Waals surface area contributed by atoms with E-state index in [9.17, 15) is 14.4 Å². The number of rotatable bonds is 6. The summed E-state index contributed by atoms with van der Waals surface area (Å²) in [5, 5.41) is 0. The second-order valence-corrected chi connectivity index (χ2v) is 10.0. The molecule has 2 amide bonds. The number of hydrogen-bond acceptors (Lipinski definition) is 4. The van der Waals surface area contributed by atoms with E-state index in [-0.39, 0.29) is 17.2 Å². The van der Waals surface area contributed by atoms with Crippen LogP contribution in [-0.2, 0) is 9.59 Å². The smallest absolute Gasteiger partial charge is 0.294 e. The van der Waals surface area contributed by atoms with Crippen LogP contribution >= 0.6 is 0 Å². The monoisotopic (exact) mass is 471 g/mol. The molecule has 3 fully saturated rings. The second kappa shape index (κ2) is 10.2. The molecule has 0 aromatic heterocycles. The van der Waals surface area contributed by atoms with E-state index < -0.39 is 11.7 Å². The SMILES string of the molecule is O=C(C(=O)N1CCC2(CC1)C[C@@H]2C(=O)N1CCN(C/C=C/c2ccccc2)CC1)c1ccccc1. The summed E-state index contributed by atoms with van der Waals surface area (Å²) < 4.78 is 0. The van der Waals surface area contributed by atoms with Crippen molar-refractivity contribution in [3.05, 3.63) is 77.9 Å². The van der Waals surface area contributed by atoms with Crippen LogP contribution in [0.5, 0.6) is 0 Å². The molecule has 6 heteroatoms. The largest absolute Gasteiger partial charge is 0.340 e. The highest BCUT2D eigenvalue weighted by Crippen LogP contribution is 2.60. The lowest BCUT2D eigenvalue weighted by Gasteiger charge is -2.36. The zero-order chi connectivity index (χ0) is 24.3. The Labute approximate surface area is 207 Å². The zero-order valence-electron chi connectivity index (χ0n) is 20.1. The average molecular weight is 472 g/mol. The summed E-state index contributed by atoms with van der Waals surface area (Å²) in [5.74, 6) is -0.507. The maximum atomic E-state index is 13.2. The van der Waals surface area contributed by atoms with Gasteiger partial charge in [0.25, 0.3) is 5.91 Å². The van der Waals surface area contributed by atoms with E-state index in [0.29, 0.717) is 18.7 Å². The predicted octanol–water partition coefficient (Wildman–Crippen LogP) is 3.36. The van der Waals surface area contributed by atoms with E-state index in [1.165, 1.54) is 5.56 Å². The van der Waals surface area contributed by atoms with Gasteiger partial charge in [-0.25, -0.2) is 0 Å². The highest BCUT2D eigenvalue weighted by molar-refractivity contribution is 6.42. The molecule has 1 aliphatic carbocycles. The van der Waals surface area contributed by atoms with Crippen LogP contribution in [0, 0.1) is 11.3 Å². The summed E-state index contributed by atoms with van der Waals surface area (Å²) in [4.78, 5) is 44.5. The first kappa shape index (κ1) is 23.5. The normalized spacial score (nSPS) is 21.9. The van der Waals surface area contributed by atoms with Gasteiger partial charge in [0, 0.05) is 57.3 Å². The van der Waals surface area contributed by atoms with Crippen LogP contribution in [0.3, 0.4) is 0 Å². The molecule has 0 unspecified atom stereocenters. The fourth-order valence-corrected chi connectivity index (χ4v) is 5.53. The average Bonchev–Trinajstić information content (AvgIpc) is 3.62. The first-order valence-electron chi connectivity index (χ1n) is 12.7. The minimum Gasteiger partial charge on any atom is -0.340 e. The van der Waals surface area contributed by atoms with Crippen molar-refractivity contribution < 1.29 is 14.4 Å². The van der Waals surface area contributed by atoms with Crippen molar-refractivity contribution >= 4 is 23.7 Å². The Morgan fingerprint density at radius 3 is 2.09 bits per heavy atom. The number of carbonyl (C=O) groups is 3. The van der Waals surface area contributed by atoms with Crippen molar-refractivity contribution in [3.63, 3.8) is 0 Å². The van der Waals surface area contributed by atoms with Gasteiger partial charge in [-0.2, -0.15) is 0 Å². The van der Waals surface area contributed by atoms with Gasteiger partial charge in [-0.15, -0.1) is 0 Å². The molecule has 0 bridgehead atoms. The molecule has 6 nitrogen and oxygen atoms in total. The van der Waals surface area contributed by atoms with Crippen LogP contribution in [-0.4, -0.2) is 78.1 Å². The number of amides is 2. The highest BCUT2D eigenvalue weighted by atomic mass is 16.2. The van der Waals surface area contributed by atoms with Crippen molar-refractivity contribution in [3.8, 4) is 0 Å². The molecule has 5 rings (SSSR count). The van der Waals surface area contributed by atoms with Crippen molar-refractivity contribution in [2.75, 3.05) is 45.8 Å². The molecule has 2 saturated heterocycles. The third-order valence-corrected chi connectivity index (χ3v) is 7.92. The molecule has 2 heterocycles. The Morgan fingerprint density at radius 2 is 1.43 bits per heavy atom. The van der Waals surface area contributed by atoms with Crippen molar-refractivity contribution in [1.82, 2.24) is 14.7 Å². The zero-order valence-corrected chi connectivity index (χ0v) is 20.1. The second-order valence-electron chi connectivity index (χ2n) is 10.0. The third kappa shape index (κ3) is 5.22. The Kier molecular flexibility index (Phi) is 6.82. The van der Waals surface area contributed by atoms with E-state index >= 15 is 0 Å². The Hall–Kier alpha value is -3.25. The van der Waals surface area contributed by atoms with Crippen LogP contribution in [0.4, 0.5) is 0 Å². The van der Waals surface area contributed by atoms with Crippen molar-refractivity contribution in [2.24, 2.45) is 11.3 Å². The summed E-state index contributed by atoms with van der Waals surface area (Å²) in [6, 6.07) is 19.0. The molecule has 0 N–H and O–H groups in total. The van der Waals surface area contributed by atoms with Gasteiger partial charge in [-0.3, -0.25) is 19.3 Å². The third-order valence-electron chi connectivity index (χ3n) is 7.92. The number of Topliss-reactive ketones (excluding diaryl/α,β-unsaturated/α-hetero) is 1. The topological polar surface area (TPSA) is 60.9 Å². The first-order chi connectivity index (χ1) is 17.1. The van der Waals surface area contributed by atoms with Gasteiger partial charge in [0.15, 0.2) is 0 Å². The molecule has 1 spiro atoms. The Morgan fingerprint density at radius 1 is 0.800 bits per heavy atom. The van der Waals surface area contributed by atoms with Crippen LogP contribution in [0.1, 0.15) is 35.2 Å². The standard InChI is InChI=1S/C29H33N3O3/c33-26(24-11-5-2-6-12-24)28(35)31-16-13-29(14-17-31)22-25(29)27(34)32-20-18-30(19-21-32)15-7-10-23-8-3-1-4-9-23/h1-12,25H,13-22H2/b10-7+/t25-/m1/s1. The molecule has 0 radical (unpaired) electrons. The molecule has 35 heavy (non-hydrogen) atoms. The minimum atomic E-state index is -0.443. The number of hydrogen-bond donors (Lipinski definition) is 0. The lowest BCUT2D eigenvalue weighted by molar-refractivity contribution is -0.135. The summed E-state index contributed by atoms with van der Waals surface area (Å²) in [6.45, 7) is 5.37.